The van der Waals surface area contributed by atoms with Gasteiger partial charge in [-0.25, -0.2) is 0 Å². The molecular formula is C26H26N2O4. The lowest BCUT2D eigenvalue weighted by Crippen LogP contribution is -2.35. The molecule has 1 aliphatic heterocycles. The van der Waals surface area contributed by atoms with Gasteiger partial charge in [-0.15, -0.1) is 0 Å². The van der Waals surface area contributed by atoms with Gasteiger partial charge in [0.15, 0.2) is 6.61 Å². The van der Waals surface area contributed by atoms with Crippen LogP contribution in [0.2, 0.25) is 0 Å². The van der Waals surface area contributed by atoms with Gasteiger partial charge in [0.25, 0.3) is 11.8 Å². The standard InChI is InChI=1S/C26H26N2O4/c1-18-14-21-9-8-19(15-24(21)28(18)26(30)20-6-4-3-5-7-20)16-27-25(29)17-32-23-12-10-22(31-2)11-13-23/h3-13,15,18H,14,16-17H2,1-2H3,(H,27,29). The minimum absolute atomic E-state index is 0.00840. The Balaban J connectivity index is 1.38. The molecule has 0 radical (unpaired) electrons. The molecule has 6 heteroatoms. The lowest BCUT2D eigenvalue weighted by atomic mass is 10.1. The predicted octanol–water partition coefficient (Wildman–Crippen LogP) is 3.98. The maximum absolute atomic E-state index is 13.1. The van der Waals surface area contributed by atoms with Crippen molar-refractivity contribution in [3.05, 3.63) is 89.5 Å². The molecule has 6 nitrogen and oxygen atoms in total. The number of nitrogens with one attached hydrogen (secondary N) is 1. The molecule has 1 N–H and O–H groups in total. The highest BCUT2D eigenvalue weighted by atomic mass is 16.5. The van der Waals surface area contributed by atoms with E-state index in [1.54, 1.807) is 31.4 Å². The van der Waals surface area contributed by atoms with Crippen LogP contribution < -0.4 is 19.7 Å². The fraction of sp³-hybridized carbons (Fsp3) is 0.231. The molecule has 0 aliphatic carbocycles. The first-order valence-electron chi connectivity index (χ1n) is 10.6. The number of hydrogen-bond donors (Lipinski definition) is 1. The summed E-state index contributed by atoms with van der Waals surface area (Å²) in [6.45, 7) is 2.34. The second kappa shape index (κ2) is 9.56. The van der Waals surface area contributed by atoms with Crippen molar-refractivity contribution in [1.82, 2.24) is 5.32 Å². The summed E-state index contributed by atoms with van der Waals surface area (Å²) in [5.74, 6) is 1.10. The number of carbonyl (C=O) groups excluding carboxylic acids is 2. The van der Waals surface area contributed by atoms with Crippen molar-refractivity contribution in [3.63, 3.8) is 0 Å². The first kappa shape index (κ1) is 21.4. The third kappa shape index (κ3) is 4.75. The number of benzene rings is 3. The lowest BCUT2D eigenvalue weighted by molar-refractivity contribution is -0.123. The van der Waals surface area contributed by atoms with Gasteiger partial charge >= 0.3 is 0 Å². The SMILES string of the molecule is COc1ccc(OCC(=O)NCc2ccc3c(c2)N(C(=O)c2ccccc2)C(C)C3)cc1. The Labute approximate surface area is 187 Å². The number of fused-ring (bicyclic) bond motifs is 1. The zero-order chi connectivity index (χ0) is 22.5. The highest BCUT2D eigenvalue weighted by molar-refractivity contribution is 6.07. The fourth-order valence-electron chi connectivity index (χ4n) is 3.87. The van der Waals surface area contributed by atoms with Gasteiger partial charge in [0.2, 0.25) is 0 Å². The largest absolute Gasteiger partial charge is 0.497 e. The smallest absolute Gasteiger partial charge is 0.258 e. The molecule has 32 heavy (non-hydrogen) atoms. The minimum Gasteiger partial charge on any atom is -0.497 e. The first-order chi connectivity index (χ1) is 15.5. The molecule has 2 amide bonds. The maximum Gasteiger partial charge on any atom is 0.258 e. The van der Waals surface area contributed by atoms with Gasteiger partial charge in [-0.1, -0.05) is 30.3 Å². The van der Waals surface area contributed by atoms with Crippen molar-refractivity contribution >= 4 is 17.5 Å². The van der Waals surface area contributed by atoms with E-state index in [1.807, 2.05) is 53.4 Å². The number of nitrogens with zero attached hydrogens (tertiary/aromatic N) is 1. The zero-order valence-electron chi connectivity index (χ0n) is 18.2. The molecule has 1 atom stereocenters. The summed E-state index contributed by atoms with van der Waals surface area (Å²) in [4.78, 5) is 27.2. The quantitative estimate of drug-likeness (QED) is 0.616. The Morgan fingerprint density at radius 2 is 1.72 bits per heavy atom. The van der Waals surface area contributed by atoms with Crippen LogP contribution in [-0.4, -0.2) is 31.6 Å². The van der Waals surface area contributed by atoms with Crippen LogP contribution in [-0.2, 0) is 17.8 Å². The summed E-state index contributed by atoms with van der Waals surface area (Å²) < 4.78 is 10.6. The maximum atomic E-state index is 13.1. The number of ether oxygens (including phenoxy) is 2. The van der Waals surface area contributed by atoms with Gasteiger partial charge in [0.1, 0.15) is 11.5 Å². The summed E-state index contributed by atoms with van der Waals surface area (Å²) in [6.07, 6.45) is 0.816. The lowest BCUT2D eigenvalue weighted by Gasteiger charge is -2.23. The van der Waals surface area contributed by atoms with Crippen LogP contribution in [0, 0.1) is 0 Å². The molecule has 1 heterocycles. The van der Waals surface area contributed by atoms with Crippen molar-refractivity contribution in [1.29, 1.82) is 0 Å². The Morgan fingerprint density at radius 3 is 2.44 bits per heavy atom. The van der Waals surface area contributed by atoms with E-state index in [2.05, 4.69) is 12.2 Å². The molecule has 1 aliphatic rings. The van der Waals surface area contributed by atoms with E-state index in [0.717, 1.165) is 29.0 Å². The molecule has 3 aromatic carbocycles. The topological polar surface area (TPSA) is 67.9 Å². The molecule has 0 saturated carbocycles. The molecule has 0 fully saturated rings. The Hall–Kier alpha value is -3.80. The molecule has 164 valence electrons. The summed E-state index contributed by atoms with van der Waals surface area (Å²) in [6, 6.07) is 22.5. The van der Waals surface area contributed by atoms with E-state index >= 15 is 0 Å². The monoisotopic (exact) mass is 430 g/mol. The van der Waals surface area contributed by atoms with Gasteiger partial charge in [0, 0.05) is 23.8 Å². The summed E-state index contributed by atoms with van der Waals surface area (Å²) in [5.41, 5.74) is 3.65. The molecule has 4 rings (SSSR count). The normalized spacial score (nSPS) is 14.6. The van der Waals surface area contributed by atoms with Gasteiger partial charge in [-0.2, -0.15) is 0 Å². The summed E-state index contributed by atoms with van der Waals surface area (Å²) in [5, 5.41) is 2.88. The second-order valence-corrected chi connectivity index (χ2v) is 7.80. The highest BCUT2D eigenvalue weighted by Crippen LogP contribution is 2.34. The number of anilines is 1. The molecule has 0 bridgehead atoms. The number of methoxy groups -OCH3 is 1. The first-order valence-corrected chi connectivity index (χ1v) is 10.6. The predicted molar refractivity (Wildman–Crippen MR) is 123 cm³/mol. The van der Waals surface area contributed by atoms with Crippen molar-refractivity contribution in [3.8, 4) is 11.5 Å². The Bertz CT molecular complexity index is 1100. The molecule has 3 aromatic rings. The van der Waals surface area contributed by atoms with Crippen LogP contribution in [0.15, 0.2) is 72.8 Å². The molecular weight excluding hydrogens is 404 g/mol. The molecule has 0 spiro atoms. The van der Waals surface area contributed by atoms with E-state index in [1.165, 1.54) is 0 Å². The van der Waals surface area contributed by atoms with E-state index in [-0.39, 0.29) is 24.5 Å². The molecule has 0 aromatic heterocycles. The van der Waals surface area contributed by atoms with Crippen LogP contribution in [0.25, 0.3) is 0 Å². The summed E-state index contributed by atoms with van der Waals surface area (Å²) in [7, 11) is 1.60. The van der Waals surface area contributed by atoms with Gasteiger partial charge in [0.05, 0.1) is 7.11 Å². The third-order valence-corrected chi connectivity index (χ3v) is 5.52. The van der Waals surface area contributed by atoms with Crippen molar-refractivity contribution in [2.45, 2.75) is 25.9 Å². The van der Waals surface area contributed by atoms with Crippen LogP contribution >= 0.6 is 0 Å². The van der Waals surface area contributed by atoms with Crippen molar-refractivity contribution in [2.24, 2.45) is 0 Å². The van der Waals surface area contributed by atoms with Crippen LogP contribution in [0.1, 0.15) is 28.4 Å². The number of amides is 2. The summed E-state index contributed by atoms with van der Waals surface area (Å²) >= 11 is 0. The van der Waals surface area contributed by atoms with Crippen LogP contribution in [0.3, 0.4) is 0 Å². The van der Waals surface area contributed by atoms with Gasteiger partial charge in [-0.3, -0.25) is 9.59 Å². The van der Waals surface area contributed by atoms with Crippen LogP contribution in [0.5, 0.6) is 11.5 Å². The number of rotatable bonds is 7. The van der Waals surface area contributed by atoms with Crippen molar-refractivity contribution < 1.29 is 19.1 Å². The Morgan fingerprint density at radius 1 is 1.00 bits per heavy atom. The Kier molecular flexibility index (Phi) is 6.40. The number of carbonyl (C=O) groups is 2. The van der Waals surface area contributed by atoms with E-state index in [0.29, 0.717) is 17.9 Å². The van der Waals surface area contributed by atoms with E-state index in [4.69, 9.17) is 9.47 Å². The molecule has 1 unspecified atom stereocenters. The third-order valence-electron chi connectivity index (χ3n) is 5.52. The molecule has 0 saturated heterocycles. The average Bonchev–Trinajstić information content (AvgIpc) is 3.16. The highest BCUT2D eigenvalue weighted by Gasteiger charge is 2.31. The van der Waals surface area contributed by atoms with Crippen LogP contribution in [0.4, 0.5) is 5.69 Å². The van der Waals surface area contributed by atoms with E-state index in [9.17, 15) is 9.59 Å². The van der Waals surface area contributed by atoms with Crippen molar-refractivity contribution in [2.75, 3.05) is 18.6 Å². The fourth-order valence-corrected chi connectivity index (χ4v) is 3.87. The number of hydrogen-bond acceptors (Lipinski definition) is 4. The zero-order valence-corrected chi connectivity index (χ0v) is 18.2. The average molecular weight is 431 g/mol. The van der Waals surface area contributed by atoms with E-state index < -0.39 is 0 Å². The van der Waals surface area contributed by atoms with Gasteiger partial charge in [-0.05, 0) is 66.9 Å². The second-order valence-electron chi connectivity index (χ2n) is 7.80. The van der Waals surface area contributed by atoms with Gasteiger partial charge < -0.3 is 19.7 Å². The minimum atomic E-state index is -0.216.